The van der Waals surface area contributed by atoms with E-state index in [0.717, 1.165) is 12.8 Å². The van der Waals surface area contributed by atoms with Gasteiger partial charge in [0.05, 0.1) is 12.6 Å². The number of hydrogen-bond acceptors (Lipinski definition) is 5. The largest absolute Gasteiger partial charge is 0.379 e. The second kappa shape index (κ2) is 6.12. The van der Waals surface area contributed by atoms with E-state index in [-0.39, 0.29) is 11.5 Å². The van der Waals surface area contributed by atoms with E-state index >= 15 is 0 Å². The van der Waals surface area contributed by atoms with Crippen LogP contribution in [0.3, 0.4) is 0 Å². The van der Waals surface area contributed by atoms with E-state index in [1.54, 1.807) is 0 Å². The van der Waals surface area contributed by atoms with Crippen LogP contribution in [0.4, 0.5) is 0 Å². The van der Waals surface area contributed by atoms with Crippen LogP contribution in [0.1, 0.15) is 51.9 Å². The van der Waals surface area contributed by atoms with E-state index in [9.17, 15) is 0 Å². The van der Waals surface area contributed by atoms with E-state index in [0.29, 0.717) is 24.9 Å². The van der Waals surface area contributed by atoms with Crippen molar-refractivity contribution in [2.75, 3.05) is 13.2 Å². The van der Waals surface area contributed by atoms with E-state index in [4.69, 9.17) is 15.0 Å². The molecule has 0 fully saturated rings. The van der Waals surface area contributed by atoms with Gasteiger partial charge < -0.3 is 15.0 Å². The third kappa shape index (κ3) is 5.28. The maximum absolute atomic E-state index is 5.90. The smallest absolute Gasteiger partial charge is 0.227 e. The van der Waals surface area contributed by atoms with E-state index in [1.165, 1.54) is 0 Å². The monoisotopic (exact) mass is 241 g/mol. The number of aromatic nitrogens is 2. The van der Waals surface area contributed by atoms with Crippen molar-refractivity contribution in [2.24, 2.45) is 11.1 Å². The molecule has 0 radical (unpaired) electrons. The lowest BCUT2D eigenvalue weighted by atomic mass is 9.92. The molecule has 1 rings (SSSR count). The first-order chi connectivity index (χ1) is 7.92. The van der Waals surface area contributed by atoms with Crippen LogP contribution >= 0.6 is 0 Å². The highest BCUT2D eigenvalue weighted by Crippen LogP contribution is 2.20. The van der Waals surface area contributed by atoms with Crippen LogP contribution in [-0.4, -0.2) is 23.4 Å². The Kier molecular flexibility index (Phi) is 5.08. The first-order valence-corrected chi connectivity index (χ1v) is 6.08. The number of nitrogens with two attached hydrogens (primary N) is 1. The van der Waals surface area contributed by atoms with Crippen LogP contribution < -0.4 is 5.73 Å². The molecule has 0 spiro atoms. The molecule has 0 aliphatic heterocycles. The Bertz CT molecular complexity index is 331. The normalized spacial score (nSPS) is 13.9. The SMILES string of the molecule is CCCOCC(N)c1noc(CC(C)(C)C)n1. The van der Waals surface area contributed by atoms with Gasteiger partial charge in [0.1, 0.15) is 0 Å². The molecular weight excluding hydrogens is 218 g/mol. The van der Waals surface area contributed by atoms with Gasteiger partial charge in [-0.25, -0.2) is 0 Å². The Labute approximate surface area is 103 Å². The van der Waals surface area contributed by atoms with E-state index in [1.807, 2.05) is 0 Å². The van der Waals surface area contributed by atoms with Gasteiger partial charge in [0.25, 0.3) is 0 Å². The van der Waals surface area contributed by atoms with Crippen molar-refractivity contribution in [1.82, 2.24) is 10.1 Å². The zero-order valence-electron chi connectivity index (χ0n) is 11.2. The molecule has 1 heterocycles. The summed E-state index contributed by atoms with van der Waals surface area (Å²) in [5.41, 5.74) is 6.03. The summed E-state index contributed by atoms with van der Waals surface area (Å²) in [5, 5.41) is 3.89. The second-order valence-electron chi connectivity index (χ2n) is 5.47. The maximum Gasteiger partial charge on any atom is 0.227 e. The molecule has 0 amide bonds. The molecule has 1 aromatic rings. The number of ether oxygens (including phenoxy) is 1. The fourth-order valence-corrected chi connectivity index (χ4v) is 1.37. The quantitative estimate of drug-likeness (QED) is 0.772. The van der Waals surface area contributed by atoms with Crippen LogP contribution in [0.2, 0.25) is 0 Å². The van der Waals surface area contributed by atoms with Crippen molar-refractivity contribution in [2.45, 2.75) is 46.6 Å². The Hall–Kier alpha value is -0.940. The zero-order chi connectivity index (χ0) is 12.9. The highest BCUT2D eigenvalue weighted by Gasteiger charge is 2.19. The summed E-state index contributed by atoms with van der Waals surface area (Å²) in [4.78, 5) is 4.29. The summed E-state index contributed by atoms with van der Waals surface area (Å²) in [5.74, 6) is 1.17. The molecule has 0 aromatic carbocycles. The summed E-state index contributed by atoms with van der Waals surface area (Å²) < 4.78 is 10.5. The molecule has 0 bridgehead atoms. The summed E-state index contributed by atoms with van der Waals surface area (Å²) in [7, 11) is 0. The Balaban J connectivity index is 2.49. The van der Waals surface area contributed by atoms with Crippen molar-refractivity contribution < 1.29 is 9.26 Å². The van der Waals surface area contributed by atoms with Crippen LogP contribution in [0.25, 0.3) is 0 Å². The topological polar surface area (TPSA) is 74.2 Å². The number of hydrogen-bond donors (Lipinski definition) is 1. The molecule has 17 heavy (non-hydrogen) atoms. The molecule has 98 valence electrons. The average Bonchev–Trinajstić information content (AvgIpc) is 2.64. The summed E-state index contributed by atoms with van der Waals surface area (Å²) in [6, 6.07) is -0.306. The number of rotatable bonds is 6. The molecule has 2 N–H and O–H groups in total. The fourth-order valence-electron chi connectivity index (χ4n) is 1.37. The summed E-state index contributed by atoms with van der Waals surface area (Å²) in [6.07, 6.45) is 1.73. The number of nitrogens with zero attached hydrogens (tertiary/aromatic N) is 2. The molecule has 0 saturated carbocycles. The van der Waals surface area contributed by atoms with Gasteiger partial charge in [-0.05, 0) is 11.8 Å². The Morgan fingerprint density at radius 1 is 1.41 bits per heavy atom. The zero-order valence-corrected chi connectivity index (χ0v) is 11.2. The molecule has 1 unspecified atom stereocenters. The van der Waals surface area contributed by atoms with Crippen LogP contribution in [0, 0.1) is 5.41 Å². The minimum absolute atomic E-state index is 0.132. The van der Waals surface area contributed by atoms with E-state index < -0.39 is 0 Å². The van der Waals surface area contributed by atoms with Gasteiger partial charge in [0, 0.05) is 13.0 Å². The Morgan fingerprint density at radius 2 is 2.12 bits per heavy atom. The molecule has 0 saturated heterocycles. The second-order valence-corrected chi connectivity index (χ2v) is 5.47. The van der Waals surface area contributed by atoms with Gasteiger partial charge in [0.2, 0.25) is 5.89 Å². The van der Waals surface area contributed by atoms with Crippen LogP contribution in [0.15, 0.2) is 4.52 Å². The van der Waals surface area contributed by atoms with Crippen LogP contribution in [0.5, 0.6) is 0 Å². The predicted octanol–water partition coefficient (Wildman–Crippen LogP) is 2.08. The first kappa shape index (κ1) is 14.1. The minimum Gasteiger partial charge on any atom is -0.379 e. The molecule has 1 aromatic heterocycles. The molecule has 0 aliphatic carbocycles. The lowest BCUT2D eigenvalue weighted by Crippen LogP contribution is -2.19. The third-order valence-corrected chi connectivity index (χ3v) is 2.14. The van der Waals surface area contributed by atoms with Crippen molar-refractivity contribution in [3.8, 4) is 0 Å². The molecule has 1 atom stereocenters. The minimum atomic E-state index is -0.306. The maximum atomic E-state index is 5.90. The molecule has 0 aliphatic rings. The lowest BCUT2D eigenvalue weighted by Gasteiger charge is -2.14. The van der Waals surface area contributed by atoms with Gasteiger partial charge >= 0.3 is 0 Å². The van der Waals surface area contributed by atoms with Gasteiger partial charge in [-0.1, -0.05) is 32.9 Å². The van der Waals surface area contributed by atoms with Gasteiger partial charge in [-0.3, -0.25) is 0 Å². The van der Waals surface area contributed by atoms with Crippen molar-refractivity contribution in [1.29, 1.82) is 0 Å². The Morgan fingerprint density at radius 3 is 2.71 bits per heavy atom. The van der Waals surface area contributed by atoms with Gasteiger partial charge in [-0.2, -0.15) is 4.98 Å². The highest BCUT2D eigenvalue weighted by atomic mass is 16.5. The standard InChI is InChI=1S/C12H23N3O2/c1-5-6-16-8-9(13)11-14-10(17-15-11)7-12(2,3)4/h9H,5-8,13H2,1-4H3. The van der Waals surface area contributed by atoms with E-state index in [2.05, 4.69) is 37.8 Å². The van der Waals surface area contributed by atoms with Crippen molar-refractivity contribution in [3.63, 3.8) is 0 Å². The van der Waals surface area contributed by atoms with Crippen molar-refractivity contribution in [3.05, 3.63) is 11.7 Å². The van der Waals surface area contributed by atoms with Crippen molar-refractivity contribution >= 4 is 0 Å². The fraction of sp³-hybridized carbons (Fsp3) is 0.833. The summed E-state index contributed by atoms with van der Waals surface area (Å²) in [6.45, 7) is 9.58. The average molecular weight is 241 g/mol. The first-order valence-electron chi connectivity index (χ1n) is 6.08. The third-order valence-electron chi connectivity index (χ3n) is 2.14. The molecule has 5 nitrogen and oxygen atoms in total. The summed E-state index contributed by atoms with van der Waals surface area (Å²) >= 11 is 0. The highest BCUT2D eigenvalue weighted by molar-refractivity contribution is 4.94. The predicted molar refractivity (Wildman–Crippen MR) is 65.5 cm³/mol. The molecule has 5 heteroatoms. The molecular formula is C12H23N3O2. The van der Waals surface area contributed by atoms with Crippen LogP contribution in [-0.2, 0) is 11.2 Å². The lowest BCUT2D eigenvalue weighted by molar-refractivity contribution is 0.119. The van der Waals surface area contributed by atoms with Gasteiger partial charge in [-0.15, -0.1) is 0 Å². The van der Waals surface area contributed by atoms with Gasteiger partial charge in [0.15, 0.2) is 5.82 Å².